The van der Waals surface area contributed by atoms with Crippen molar-refractivity contribution in [1.82, 2.24) is 4.90 Å². The van der Waals surface area contributed by atoms with Crippen LogP contribution in [0.3, 0.4) is 0 Å². The lowest BCUT2D eigenvalue weighted by Gasteiger charge is -2.26. The topological polar surface area (TPSA) is 40.5 Å². The van der Waals surface area contributed by atoms with Crippen LogP contribution in [0.5, 0.6) is 0 Å². The Labute approximate surface area is 82.3 Å². The number of aliphatic hydroxyl groups excluding tert-OH is 1. The molecular weight excluding hydrogens is 178 g/mol. The van der Waals surface area contributed by atoms with Crippen molar-refractivity contribution in [2.24, 2.45) is 0 Å². The zero-order chi connectivity index (χ0) is 10.1. The second-order valence-electron chi connectivity index (χ2n) is 3.36. The van der Waals surface area contributed by atoms with Crippen molar-refractivity contribution < 1.29 is 9.90 Å². The van der Waals surface area contributed by atoms with Gasteiger partial charge in [-0.1, -0.05) is 24.3 Å². The fourth-order valence-corrected chi connectivity index (χ4v) is 1.69. The van der Waals surface area contributed by atoms with Crippen molar-refractivity contribution in [3.8, 4) is 0 Å². The molecule has 0 unspecified atom stereocenters. The van der Waals surface area contributed by atoms with Gasteiger partial charge < -0.3 is 10.0 Å². The standard InChI is InChI=1S/C11H11NO2/c1-12-6-8-4-2-3-5-9(8)10(7-13)11(12)14/h2-5,7,13H,6H2,1H3. The lowest BCUT2D eigenvalue weighted by atomic mass is 9.95. The van der Waals surface area contributed by atoms with Gasteiger partial charge >= 0.3 is 0 Å². The van der Waals surface area contributed by atoms with Crippen LogP contribution in [-0.4, -0.2) is 23.0 Å². The average Bonchev–Trinajstić information content (AvgIpc) is 2.20. The molecule has 1 heterocycles. The molecule has 2 rings (SSSR count). The van der Waals surface area contributed by atoms with Crippen molar-refractivity contribution in [3.63, 3.8) is 0 Å². The molecule has 1 aliphatic heterocycles. The molecule has 1 aliphatic rings. The quantitative estimate of drug-likeness (QED) is 0.497. The molecule has 3 nitrogen and oxygen atoms in total. The van der Waals surface area contributed by atoms with E-state index in [-0.39, 0.29) is 5.91 Å². The first kappa shape index (κ1) is 8.81. The summed E-state index contributed by atoms with van der Waals surface area (Å²) < 4.78 is 0. The summed E-state index contributed by atoms with van der Waals surface area (Å²) in [5, 5.41) is 9.02. The summed E-state index contributed by atoms with van der Waals surface area (Å²) in [4.78, 5) is 13.2. The highest BCUT2D eigenvalue weighted by Crippen LogP contribution is 2.26. The minimum absolute atomic E-state index is 0.133. The molecule has 0 atom stereocenters. The van der Waals surface area contributed by atoms with Crippen LogP contribution in [-0.2, 0) is 11.3 Å². The van der Waals surface area contributed by atoms with Gasteiger partial charge in [0.2, 0.25) is 0 Å². The molecular formula is C11H11NO2. The highest BCUT2D eigenvalue weighted by atomic mass is 16.2. The lowest BCUT2D eigenvalue weighted by Crippen LogP contribution is -2.31. The van der Waals surface area contributed by atoms with Crippen LogP contribution in [0, 0.1) is 0 Å². The summed E-state index contributed by atoms with van der Waals surface area (Å²) >= 11 is 0. The van der Waals surface area contributed by atoms with Crippen LogP contribution < -0.4 is 0 Å². The molecule has 1 aromatic carbocycles. The first-order chi connectivity index (χ1) is 6.74. The Morgan fingerprint density at radius 3 is 2.86 bits per heavy atom. The number of rotatable bonds is 0. The van der Waals surface area contributed by atoms with Gasteiger partial charge in [-0.15, -0.1) is 0 Å². The normalized spacial score (nSPS) is 18.5. The number of benzene rings is 1. The third-order valence-electron chi connectivity index (χ3n) is 2.42. The van der Waals surface area contributed by atoms with Crippen molar-refractivity contribution in [2.75, 3.05) is 7.05 Å². The molecule has 0 spiro atoms. The fraction of sp³-hybridized carbons (Fsp3) is 0.182. The van der Waals surface area contributed by atoms with E-state index in [2.05, 4.69) is 0 Å². The zero-order valence-corrected chi connectivity index (χ0v) is 7.90. The van der Waals surface area contributed by atoms with Gasteiger partial charge in [-0.2, -0.15) is 0 Å². The minimum atomic E-state index is -0.133. The predicted molar refractivity (Wildman–Crippen MR) is 53.5 cm³/mol. The molecule has 0 saturated carbocycles. The molecule has 1 amide bonds. The van der Waals surface area contributed by atoms with Crippen molar-refractivity contribution >= 4 is 11.5 Å². The van der Waals surface area contributed by atoms with Gasteiger partial charge in [-0.05, 0) is 11.1 Å². The van der Waals surface area contributed by atoms with Crippen LogP contribution >= 0.6 is 0 Å². The Kier molecular flexibility index (Phi) is 2.00. The van der Waals surface area contributed by atoms with E-state index in [1.165, 1.54) is 0 Å². The van der Waals surface area contributed by atoms with E-state index in [1.54, 1.807) is 11.9 Å². The van der Waals surface area contributed by atoms with Crippen LogP contribution in [0.25, 0.3) is 5.57 Å². The molecule has 0 aromatic heterocycles. The van der Waals surface area contributed by atoms with Gasteiger partial charge in [-0.25, -0.2) is 0 Å². The SMILES string of the molecule is CN1Cc2ccccc2C(=CO)C1=O. The number of carbonyl (C=O) groups is 1. The molecule has 3 heteroatoms. The number of fused-ring (bicyclic) bond motifs is 1. The van der Waals surface area contributed by atoms with E-state index in [0.29, 0.717) is 12.1 Å². The van der Waals surface area contributed by atoms with Crippen LogP contribution in [0.2, 0.25) is 0 Å². The van der Waals surface area contributed by atoms with Gasteiger partial charge in [0.25, 0.3) is 5.91 Å². The molecule has 0 bridgehead atoms. The Hall–Kier alpha value is -1.77. The minimum Gasteiger partial charge on any atom is -0.515 e. The largest absolute Gasteiger partial charge is 0.515 e. The smallest absolute Gasteiger partial charge is 0.257 e. The van der Waals surface area contributed by atoms with E-state index in [4.69, 9.17) is 5.11 Å². The van der Waals surface area contributed by atoms with Gasteiger partial charge in [0.1, 0.15) is 0 Å². The summed E-state index contributed by atoms with van der Waals surface area (Å²) in [6.45, 7) is 0.604. The van der Waals surface area contributed by atoms with E-state index in [1.807, 2.05) is 24.3 Å². The second-order valence-corrected chi connectivity index (χ2v) is 3.36. The van der Waals surface area contributed by atoms with Crippen molar-refractivity contribution in [1.29, 1.82) is 0 Å². The Balaban J connectivity index is 2.59. The van der Waals surface area contributed by atoms with E-state index >= 15 is 0 Å². The lowest BCUT2D eigenvalue weighted by molar-refractivity contribution is -0.124. The second kappa shape index (κ2) is 3.18. The van der Waals surface area contributed by atoms with Gasteiger partial charge in [0.05, 0.1) is 11.8 Å². The number of amides is 1. The fourth-order valence-electron chi connectivity index (χ4n) is 1.69. The van der Waals surface area contributed by atoms with E-state index in [9.17, 15) is 4.79 Å². The molecule has 0 radical (unpaired) electrons. The van der Waals surface area contributed by atoms with Crippen LogP contribution in [0.4, 0.5) is 0 Å². The summed E-state index contributed by atoms with van der Waals surface area (Å²) in [6.07, 6.45) is 0.886. The first-order valence-corrected chi connectivity index (χ1v) is 4.42. The number of carbonyl (C=O) groups excluding carboxylic acids is 1. The van der Waals surface area contributed by atoms with Crippen molar-refractivity contribution in [3.05, 3.63) is 41.7 Å². The van der Waals surface area contributed by atoms with Gasteiger partial charge in [0.15, 0.2) is 0 Å². The molecule has 1 N–H and O–H groups in total. The van der Waals surface area contributed by atoms with Crippen LogP contribution in [0.1, 0.15) is 11.1 Å². The number of hydrogen-bond acceptors (Lipinski definition) is 2. The monoisotopic (exact) mass is 189 g/mol. The summed E-state index contributed by atoms with van der Waals surface area (Å²) in [6, 6.07) is 7.60. The molecule has 72 valence electrons. The van der Waals surface area contributed by atoms with E-state index < -0.39 is 0 Å². The maximum absolute atomic E-state index is 11.6. The molecule has 1 aromatic rings. The first-order valence-electron chi connectivity index (χ1n) is 4.42. The highest BCUT2D eigenvalue weighted by molar-refractivity contribution is 6.20. The van der Waals surface area contributed by atoms with Crippen molar-refractivity contribution in [2.45, 2.75) is 6.54 Å². The maximum Gasteiger partial charge on any atom is 0.257 e. The predicted octanol–water partition coefficient (Wildman–Crippen LogP) is 1.56. The molecule has 0 saturated heterocycles. The number of likely N-dealkylation sites (N-methyl/N-ethyl adjacent to an activating group) is 1. The molecule has 0 fully saturated rings. The Bertz CT molecular complexity index is 410. The maximum atomic E-state index is 11.6. The number of nitrogens with zero attached hydrogens (tertiary/aromatic N) is 1. The van der Waals surface area contributed by atoms with Crippen LogP contribution in [0.15, 0.2) is 30.5 Å². The molecule has 0 aliphatic carbocycles. The average molecular weight is 189 g/mol. The summed E-state index contributed by atoms with van der Waals surface area (Å²) in [5.74, 6) is -0.133. The molecule has 14 heavy (non-hydrogen) atoms. The third-order valence-corrected chi connectivity index (χ3v) is 2.42. The summed E-state index contributed by atoms with van der Waals surface area (Å²) in [7, 11) is 1.72. The van der Waals surface area contributed by atoms with E-state index in [0.717, 1.165) is 17.4 Å². The van der Waals surface area contributed by atoms with Gasteiger partial charge in [-0.3, -0.25) is 4.79 Å². The Morgan fingerprint density at radius 1 is 1.43 bits per heavy atom. The van der Waals surface area contributed by atoms with Gasteiger partial charge in [0, 0.05) is 13.6 Å². The third kappa shape index (κ3) is 1.18. The number of hydrogen-bond donors (Lipinski definition) is 1. The Morgan fingerprint density at radius 2 is 2.14 bits per heavy atom. The highest BCUT2D eigenvalue weighted by Gasteiger charge is 2.24. The number of aliphatic hydroxyl groups is 1. The summed E-state index contributed by atoms with van der Waals surface area (Å²) in [5.41, 5.74) is 2.27. The zero-order valence-electron chi connectivity index (χ0n) is 7.90.